The van der Waals surface area contributed by atoms with E-state index in [0.29, 0.717) is 6.42 Å². The summed E-state index contributed by atoms with van der Waals surface area (Å²) in [5.74, 6) is -0.526. The number of piperazine rings is 1. The molecule has 0 bridgehead atoms. The molecule has 0 spiro atoms. The van der Waals surface area contributed by atoms with Gasteiger partial charge in [0.2, 0.25) is 5.91 Å². The van der Waals surface area contributed by atoms with E-state index in [9.17, 15) is 9.59 Å². The summed E-state index contributed by atoms with van der Waals surface area (Å²) in [5, 5.41) is 8.63. The Bertz CT molecular complexity index is 543. The van der Waals surface area contributed by atoms with E-state index in [-0.39, 0.29) is 24.7 Å². The second-order valence-corrected chi connectivity index (χ2v) is 6.18. The SMILES string of the molecule is Cc1ccccc1CC(=O)N1CCN(CCCCC(=O)O)CC1.Cl. The molecule has 1 N–H and O–H groups in total. The van der Waals surface area contributed by atoms with Crippen LogP contribution in [0.1, 0.15) is 30.4 Å². The zero-order valence-electron chi connectivity index (χ0n) is 14.2. The summed E-state index contributed by atoms with van der Waals surface area (Å²) < 4.78 is 0. The first-order valence-corrected chi connectivity index (χ1v) is 8.32. The first-order chi connectivity index (χ1) is 11.1. The number of halogens is 1. The third-order valence-electron chi connectivity index (χ3n) is 4.44. The summed E-state index contributed by atoms with van der Waals surface area (Å²) in [7, 11) is 0. The van der Waals surface area contributed by atoms with Gasteiger partial charge in [0.25, 0.3) is 0 Å². The third-order valence-corrected chi connectivity index (χ3v) is 4.44. The molecular weight excluding hydrogens is 328 g/mol. The lowest BCUT2D eigenvalue weighted by Gasteiger charge is -2.35. The molecule has 1 aliphatic rings. The lowest BCUT2D eigenvalue weighted by molar-refractivity contribution is -0.137. The maximum Gasteiger partial charge on any atom is 0.303 e. The number of aliphatic carboxylic acids is 1. The van der Waals surface area contributed by atoms with Crippen LogP contribution in [0.5, 0.6) is 0 Å². The number of carboxylic acid groups (broad SMARTS) is 1. The van der Waals surface area contributed by atoms with Crippen LogP contribution in [0, 0.1) is 6.92 Å². The molecule has 1 heterocycles. The molecule has 0 unspecified atom stereocenters. The summed E-state index contributed by atoms with van der Waals surface area (Å²) in [5.41, 5.74) is 2.27. The molecule has 0 aromatic heterocycles. The summed E-state index contributed by atoms with van der Waals surface area (Å²) >= 11 is 0. The standard InChI is InChI=1S/C18H26N2O3.ClH/c1-15-6-2-3-7-16(15)14-17(21)20-12-10-19(11-13-20)9-5-4-8-18(22)23;/h2-3,6-7H,4-5,8-14H2,1H3,(H,22,23);1H. The van der Waals surface area contributed by atoms with Crippen LogP contribution in [0.2, 0.25) is 0 Å². The Morgan fingerprint density at radius 1 is 1.08 bits per heavy atom. The van der Waals surface area contributed by atoms with Crippen molar-refractivity contribution in [1.82, 2.24) is 9.80 Å². The fourth-order valence-corrected chi connectivity index (χ4v) is 2.92. The van der Waals surface area contributed by atoms with Gasteiger partial charge in [-0.05, 0) is 37.4 Å². The summed E-state index contributed by atoms with van der Waals surface area (Å²) in [6, 6.07) is 8.03. The lowest BCUT2D eigenvalue weighted by atomic mass is 10.1. The van der Waals surface area contributed by atoms with Crippen molar-refractivity contribution in [3.05, 3.63) is 35.4 Å². The number of amides is 1. The number of hydrogen-bond donors (Lipinski definition) is 1. The van der Waals surface area contributed by atoms with Crippen molar-refractivity contribution in [3.8, 4) is 0 Å². The van der Waals surface area contributed by atoms with Crippen LogP contribution in [-0.4, -0.2) is 59.5 Å². The topological polar surface area (TPSA) is 60.9 Å². The van der Waals surface area contributed by atoms with Gasteiger partial charge in [0.1, 0.15) is 0 Å². The number of carbonyl (C=O) groups is 2. The normalized spacial score (nSPS) is 15.0. The van der Waals surface area contributed by atoms with Gasteiger partial charge >= 0.3 is 5.97 Å². The molecule has 0 atom stereocenters. The molecule has 0 aliphatic carbocycles. The van der Waals surface area contributed by atoms with Gasteiger partial charge in [-0.15, -0.1) is 12.4 Å². The first kappa shape index (κ1) is 20.5. The minimum absolute atomic E-state index is 0. The van der Waals surface area contributed by atoms with E-state index < -0.39 is 5.97 Å². The monoisotopic (exact) mass is 354 g/mol. The second-order valence-electron chi connectivity index (χ2n) is 6.18. The Hall–Kier alpha value is -1.59. The zero-order valence-corrected chi connectivity index (χ0v) is 15.1. The quantitative estimate of drug-likeness (QED) is 0.763. The molecule has 1 saturated heterocycles. The highest BCUT2D eigenvalue weighted by Gasteiger charge is 2.21. The number of hydrogen-bond acceptors (Lipinski definition) is 3. The Labute approximate surface area is 150 Å². The predicted octanol–water partition coefficient (Wildman–Crippen LogP) is 2.36. The predicted molar refractivity (Wildman–Crippen MR) is 96.6 cm³/mol. The Balaban J connectivity index is 0.00000288. The van der Waals surface area contributed by atoms with Gasteiger partial charge in [0.15, 0.2) is 0 Å². The van der Waals surface area contributed by atoms with Crippen molar-refractivity contribution in [2.45, 2.75) is 32.6 Å². The third kappa shape index (κ3) is 6.49. The van der Waals surface area contributed by atoms with Crippen LogP contribution in [-0.2, 0) is 16.0 Å². The van der Waals surface area contributed by atoms with E-state index in [1.807, 2.05) is 36.1 Å². The van der Waals surface area contributed by atoms with Crippen LogP contribution in [0.25, 0.3) is 0 Å². The van der Waals surface area contributed by atoms with Crippen molar-refractivity contribution in [1.29, 1.82) is 0 Å². The van der Waals surface area contributed by atoms with E-state index in [1.165, 1.54) is 0 Å². The highest BCUT2D eigenvalue weighted by Crippen LogP contribution is 2.11. The largest absolute Gasteiger partial charge is 0.481 e. The molecule has 0 saturated carbocycles. The molecule has 5 nitrogen and oxygen atoms in total. The first-order valence-electron chi connectivity index (χ1n) is 8.32. The second kappa shape index (κ2) is 10.3. The molecule has 1 fully saturated rings. The molecule has 0 radical (unpaired) electrons. The molecule has 1 aromatic rings. The van der Waals surface area contributed by atoms with E-state index in [2.05, 4.69) is 4.90 Å². The minimum atomic E-state index is -0.725. The van der Waals surface area contributed by atoms with E-state index in [1.54, 1.807) is 0 Å². The molecule has 2 rings (SSSR count). The Morgan fingerprint density at radius 2 is 1.75 bits per heavy atom. The fraction of sp³-hybridized carbons (Fsp3) is 0.556. The maximum atomic E-state index is 12.4. The van der Waals surface area contributed by atoms with Gasteiger partial charge in [-0.1, -0.05) is 24.3 Å². The van der Waals surface area contributed by atoms with Gasteiger partial charge in [-0.2, -0.15) is 0 Å². The highest BCUT2D eigenvalue weighted by atomic mass is 35.5. The molecule has 134 valence electrons. The van der Waals surface area contributed by atoms with Crippen LogP contribution < -0.4 is 0 Å². The van der Waals surface area contributed by atoms with Gasteiger partial charge < -0.3 is 10.0 Å². The van der Waals surface area contributed by atoms with Crippen LogP contribution in [0.4, 0.5) is 0 Å². The van der Waals surface area contributed by atoms with Crippen molar-refractivity contribution in [2.75, 3.05) is 32.7 Å². The van der Waals surface area contributed by atoms with Gasteiger partial charge in [0, 0.05) is 32.6 Å². The minimum Gasteiger partial charge on any atom is -0.481 e. The molecule has 1 aromatic carbocycles. The summed E-state index contributed by atoms with van der Waals surface area (Å²) in [4.78, 5) is 27.2. The van der Waals surface area contributed by atoms with Crippen LogP contribution in [0.15, 0.2) is 24.3 Å². The Kier molecular flexibility index (Phi) is 8.79. The Morgan fingerprint density at radius 3 is 2.38 bits per heavy atom. The number of benzene rings is 1. The van der Waals surface area contributed by atoms with Crippen molar-refractivity contribution < 1.29 is 14.7 Å². The van der Waals surface area contributed by atoms with Gasteiger partial charge in [-0.25, -0.2) is 0 Å². The van der Waals surface area contributed by atoms with Crippen molar-refractivity contribution >= 4 is 24.3 Å². The average molecular weight is 355 g/mol. The van der Waals surface area contributed by atoms with E-state index in [4.69, 9.17) is 5.11 Å². The molecule has 1 amide bonds. The number of unbranched alkanes of at least 4 members (excludes halogenated alkanes) is 1. The molecular formula is C18H27ClN2O3. The van der Waals surface area contributed by atoms with E-state index >= 15 is 0 Å². The smallest absolute Gasteiger partial charge is 0.303 e. The van der Waals surface area contributed by atoms with Crippen molar-refractivity contribution in [2.24, 2.45) is 0 Å². The fourth-order valence-electron chi connectivity index (χ4n) is 2.92. The number of carboxylic acids is 1. The van der Waals surface area contributed by atoms with Gasteiger partial charge in [-0.3, -0.25) is 14.5 Å². The summed E-state index contributed by atoms with van der Waals surface area (Å²) in [6.07, 6.45) is 2.35. The average Bonchev–Trinajstić information content (AvgIpc) is 2.54. The lowest BCUT2D eigenvalue weighted by Crippen LogP contribution is -2.49. The van der Waals surface area contributed by atoms with Crippen molar-refractivity contribution in [3.63, 3.8) is 0 Å². The molecule has 24 heavy (non-hydrogen) atoms. The van der Waals surface area contributed by atoms with E-state index in [0.717, 1.165) is 56.7 Å². The number of rotatable bonds is 7. The summed E-state index contributed by atoms with van der Waals surface area (Å²) in [6.45, 7) is 6.26. The zero-order chi connectivity index (χ0) is 16.7. The molecule has 1 aliphatic heterocycles. The number of carbonyl (C=O) groups excluding carboxylic acids is 1. The highest BCUT2D eigenvalue weighted by molar-refractivity contribution is 5.85. The van der Waals surface area contributed by atoms with Gasteiger partial charge in [0.05, 0.1) is 6.42 Å². The van der Waals surface area contributed by atoms with Crippen LogP contribution >= 0.6 is 12.4 Å². The maximum absolute atomic E-state index is 12.4. The number of aryl methyl sites for hydroxylation is 1. The van der Waals surface area contributed by atoms with Crippen LogP contribution in [0.3, 0.4) is 0 Å². The molecule has 6 heteroatoms. The number of nitrogens with zero attached hydrogens (tertiary/aromatic N) is 2.